The van der Waals surface area contributed by atoms with E-state index in [1.807, 2.05) is 0 Å². The van der Waals surface area contributed by atoms with Gasteiger partial charge in [-0.15, -0.1) is 0 Å². The quantitative estimate of drug-likeness (QED) is 0.133. The summed E-state index contributed by atoms with van der Waals surface area (Å²) >= 11 is 0. The second-order valence-corrected chi connectivity index (χ2v) is 17.1. The SMILES string of the molecule is CN[C@@H](C)C(=O)N[C@H](C(=O)N1C[C@@H](NC(=O)c2ccc(C(=O)N[C@H]3C[C@@H](C(=O)OC)N(C(=O)[C@@H](NC(=O)[C@H](C)NC)C(C)(C)C)C3)cc2)C[C@H]1C(=O)OC)C(C)(C)C. The number of esters is 2. The van der Waals surface area contributed by atoms with Gasteiger partial charge < -0.3 is 51.2 Å². The van der Waals surface area contributed by atoms with Crippen LogP contribution >= 0.6 is 0 Å². The molecule has 6 amide bonds. The molecule has 1 aromatic carbocycles. The average molecular weight is 815 g/mol. The van der Waals surface area contributed by atoms with Gasteiger partial charge in [0.15, 0.2) is 0 Å². The predicted molar refractivity (Wildman–Crippen MR) is 213 cm³/mol. The molecule has 0 bridgehead atoms. The fourth-order valence-electron chi connectivity index (χ4n) is 6.82. The summed E-state index contributed by atoms with van der Waals surface area (Å²) in [5, 5.41) is 17.0. The van der Waals surface area contributed by atoms with E-state index in [0.29, 0.717) is 0 Å². The maximum absolute atomic E-state index is 13.9. The smallest absolute Gasteiger partial charge is 0.328 e. The highest BCUT2D eigenvalue weighted by Gasteiger charge is 2.47. The summed E-state index contributed by atoms with van der Waals surface area (Å²) in [5.41, 5.74) is -1.01. The molecule has 18 nitrogen and oxygen atoms in total. The maximum Gasteiger partial charge on any atom is 0.328 e. The van der Waals surface area contributed by atoms with Crippen molar-refractivity contribution >= 4 is 47.4 Å². The molecular weight excluding hydrogens is 752 g/mol. The lowest BCUT2D eigenvalue weighted by molar-refractivity contribution is -0.153. The Morgan fingerprint density at radius 3 is 1.17 bits per heavy atom. The molecule has 0 aromatic heterocycles. The molecule has 2 aliphatic rings. The molecule has 2 saturated heterocycles. The zero-order valence-corrected chi connectivity index (χ0v) is 35.7. The molecule has 1 aromatic rings. The van der Waals surface area contributed by atoms with Crippen LogP contribution in [0.5, 0.6) is 0 Å². The van der Waals surface area contributed by atoms with E-state index in [1.54, 1.807) is 69.5 Å². The molecule has 2 fully saturated rings. The molecule has 58 heavy (non-hydrogen) atoms. The minimum atomic E-state index is -1.00. The van der Waals surface area contributed by atoms with E-state index in [1.165, 1.54) is 48.3 Å². The number of hydrogen-bond donors (Lipinski definition) is 6. The van der Waals surface area contributed by atoms with Crippen LogP contribution in [0.3, 0.4) is 0 Å². The highest BCUT2D eigenvalue weighted by Crippen LogP contribution is 2.29. The molecule has 2 heterocycles. The van der Waals surface area contributed by atoms with Gasteiger partial charge in [-0.25, -0.2) is 9.59 Å². The Morgan fingerprint density at radius 2 is 0.914 bits per heavy atom. The molecule has 0 radical (unpaired) electrons. The molecule has 0 unspecified atom stereocenters. The van der Waals surface area contributed by atoms with Gasteiger partial charge in [0, 0.05) is 49.1 Å². The van der Waals surface area contributed by atoms with Crippen LogP contribution < -0.4 is 31.9 Å². The van der Waals surface area contributed by atoms with E-state index in [2.05, 4.69) is 31.9 Å². The van der Waals surface area contributed by atoms with Gasteiger partial charge in [-0.1, -0.05) is 41.5 Å². The molecule has 3 rings (SSSR count). The van der Waals surface area contributed by atoms with Crippen LogP contribution in [-0.2, 0) is 38.2 Å². The summed E-state index contributed by atoms with van der Waals surface area (Å²) in [6.45, 7) is 14.1. The van der Waals surface area contributed by atoms with E-state index >= 15 is 0 Å². The first-order valence-corrected chi connectivity index (χ1v) is 19.4. The summed E-state index contributed by atoms with van der Waals surface area (Å²) in [6.07, 6.45) is 0.154. The number of nitrogens with one attached hydrogen (secondary N) is 6. The number of carbonyl (C=O) groups excluding carboxylic acids is 8. The fourth-order valence-corrected chi connectivity index (χ4v) is 6.82. The van der Waals surface area contributed by atoms with Crippen molar-refractivity contribution < 1.29 is 47.8 Å². The number of likely N-dealkylation sites (tertiary alicyclic amines) is 2. The Morgan fingerprint density at radius 1 is 0.603 bits per heavy atom. The molecule has 8 atom stereocenters. The van der Waals surface area contributed by atoms with E-state index < -0.39 is 94.7 Å². The molecule has 2 aliphatic heterocycles. The van der Waals surface area contributed by atoms with E-state index in [9.17, 15) is 38.4 Å². The summed E-state index contributed by atoms with van der Waals surface area (Å²) < 4.78 is 9.97. The summed E-state index contributed by atoms with van der Waals surface area (Å²) in [6, 6.07) is -0.536. The molecule has 0 spiro atoms. The molecule has 18 heteroatoms. The number of carbonyl (C=O) groups is 8. The lowest BCUT2D eigenvalue weighted by Crippen LogP contribution is -2.59. The Bertz CT molecular complexity index is 1580. The van der Waals surface area contributed by atoms with Crippen LogP contribution in [0, 0.1) is 10.8 Å². The van der Waals surface area contributed by atoms with Gasteiger partial charge in [0.1, 0.15) is 24.2 Å². The van der Waals surface area contributed by atoms with Gasteiger partial charge in [0.2, 0.25) is 23.6 Å². The topological polar surface area (TPSA) is 234 Å². The van der Waals surface area contributed by atoms with Gasteiger partial charge in [-0.3, -0.25) is 28.8 Å². The zero-order valence-electron chi connectivity index (χ0n) is 35.7. The van der Waals surface area contributed by atoms with Crippen LogP contribution in [-0.4, -0.2) is 147 Å². The first-order valence-electron chi connectivity index (χ1n) is 19.4. The zero-order chi connectivity index (χ0) is 43.9. The third-order valence-electron chi connectivity index (χ3n) is 10.6. The minimum absolute atomic E-state index is 0.0136. The van der Waals surface area contributed by atoms with Crippen LogP contribution in [0.4, 0.5) is 0 Å². The van der Waals surface area contributed by atoms with Crippen molar-refractivity contribution in [3.8, 4) is 0 Å². The van der Waals surface area contributed by atoms with Crippen LogP contribution in [0.1, 0.15) is 88.9 Å². The van der Waals surface area contributed by atoms with Crippen molar-refractivity contribution in [2.45, 2.75) is 117 Å². The van der Waals surface area contributed by atoms with Gasteiger partial charge in [0.25, 0.3) is 11.8 Å². The Labute approximate surface area is 340 Å². The molecular formula is C40H62N8O10. The standard InChI is InChI=1S/C40H62N8O10/c1-21(41-9)31(49)45-29(39(3,4)5)35(53)47-19-25(17-27(47)37(55)57-11)43-33(51)23-13-15-24(16-14-23)34(52)44-26-18-28(38(56)58-12)48(20-26)36(54)30(40(6,7)8)46-32(50)22(2)42-10/h13-16,21-22,25-30,41-42H,17-20H2,1-12H3,(H,43,51)(H,44,52)(H,45,49)(H,46,50)/t21-,22-,25-,26-,27-,28-,29+,30+/m0/s1. The number of rotatable bonds is 14. The molecule has 0 saturated carbocycles. The number of amides is 6. The van der Waals surface area contributed by atoms with E-state index in [-0.39, 0.29) is 48.9 Å². The first-order chi connectivity index (χ1) is 27.0. The molecule has 322 valence electrons. The maximum atomic E-state index is 13.9. The monoisotopic (exact) mass is 814 g/mol. The predicted octanol–water partition coefficient (Wildman–Crippen LogP) is -0.291. The third-order valence-corrected chi connectivity index (χ3v) is 10.6. The van der Waals surface area contributed by atoms with Crippen molar-refractivity contribution in [1.82, 2.24) is 41.7 Å². The van der Waals surface area contributed by atoms with Gasteiger partial charge in [0.05, 0.1) is 26.3 Å². The molecule has 6 N–H and O–H groups in total. The van der Waals surface area contributed by atoms with Crippen molar-refractivity contribution in [2.24, 2.45) is 10.8 Å². The normalized spacial score (nSPS) is 21.5. The summed E-state index contributed by atoms with van der Waals surface area (Å²) in [7, 11) is 5.67. The van der Waals surface area contributed by atoms with Gasteiger partial charge in [-0.2, -0.15) is 0 Å². The van der Waals surface area contributed by atoms with Crippen molar-refractivity contribution in [1.29, 1.82) is 0 Å². The number of nitrogens with zero attached hydrogens (tertiary/aromatic N) is 2. The van der Waals surface area contributed by atoms with E-state index in [4.69, 9.17) is 9.47 Å². The fraction of sp³-hybridized carbons (Fsp3) is 0.650. The van der Waals surface area contributed by atoms with Gasteiger partial charge in [-0.05, 0) is 63.0 Å². The lowest BCUT2D eigenvalue weighted by Gasteiger charge is -2.35. The Kier molecular flexibility index (Phi) is 15.9. The number of methoxy groups -OCH3 is 2. The second kappa shape index (κ2) is 19.6. The van der Waals surface area contributed by atoms with Crippen molar-refractivity contribution in [2.75, 3.05) is 41.4 Å². The van der Waals surface area contributed by atoms with Crippen molar-refractivity contribution in [3.05, 3.63) is 35.4 Å². The highest BCUT2D eigenvalue weighted by molar-refractivity contribution is 5.99. The largest absolute Gasteiger partial charge is 0.467 e. The van der Waals surface area contributed by atoms with Crippen LogP contribution in [0.25, 0.3) is 0 Å². The second-order valence-electron chi connectivity index (χ2n) is 17.1. The number of benzene rings is 1. The molecule has 0 aliphatic carbocycles. The van der Waals surface area contributed by atoms with Gasteiger partial charge >= 0.3 is 11.9 Å². The van der Waals surface area contributed by atoms with Crippen LogP contribution in [0.15, 0.2) is 24.3 Å². The summed E-state index contributed by atoms with van der Waals surface area (Å²) in [5.74, 6) is -4.07. The van der Waals surface area contributed by atoms with E-state index in [0.717, 1.165) is 0 Å². The van der Waals surface area contributed by atoms with Crippen LogP contribution in [0.2, 0.25) is 0 Å². The lowest BCUT2D eigenvalue weighted by atomic mass is 9.85. The Hall–Kier alpha value is -5.10. The first kappa shape index (κ1) is 47.3. The number of likely N-dealkylation sites (N-methyl/N-ethyl adjacent to an activating group) is 2. The number of ether oxygens (including phenoxy) is 2. The minimum Gasteiger partial charge on any atom is -0.467 e. The summed E-state index contributed by atoms with van der Waals surface area (Å²) in [4.78, 5) is 109. The number of hydrogen-bond acceptors (Lipinski definition) is 12. The highest BCUT2D eigenvalue weighted by atomic mass is 16.5. The Balaban J connectivity index is 1.72. The van der Waals surface area contributed by atoms with Crippen molar-refractivity contribution in [3.63, 3.8) is 0 Å². The third kappa shape index (κ3) is 11.5. The average Bonchev–Trinajstić information content (AvgIpc) is 3.80.